The van der Waals surface area contributed by atoms with Crippen LogP contribution in [0.5, 0.6) is 0 Å². The highest BCUT2D eigenvalue weighted by Gasteiger charge is 2.14. The maximum atomic E-state index is 11.7. The molecule has 0 saturated carbocycles. The molecule has 0 radical (unpaired) electrons. The van der Waals surface area contributed by atoms with Gasteiger partial charge >= 0.3 is 11.9 Å². The lowest BCUT2D eigenvalue weighted by atomic mass is 10.0. The molecule has 0 fully saturated rings. The van der Waals surface area contributed by atoms with Gasteiger partial charge in [0.1, 0.15) is 25.4 Å². The van der Waals surface area contributed by atoms with Crippen molar-refractivity contribution in [3.8, 4) is 0 Å². The Morgan fingerprint density at radius 3 is 1.29 bits per heavy atom. The Hall–Kier alpha value is -1.14. The summed E-state index contributed by atoms with van der Waals surface area (Å²) in [6.07, 6.45) is 24.5. The van der Waals surface area contributed by atoms with Crippen molar-refractivity contribution >= 4 is 11.9 Å². The van der Waals surface area contributed by atoms with Crippen molar-refractivity contribution in [2.24, 2.45) is 0 Å². The number of rotatable bonds is 26. The van der Waals surface area contributed by atoms with Crippen molar-refractivity contribution in [3.05, 3.63) is 0 Å². The molecule has 0 spiro atoms. The second kappa shape index (κ2) is 25.9. The first kappa shape index (κ1) is 33.9. The van der Waals surface area contributed by atoms with Crippen molar-refractivity contribution in [1.82, 2.24) is 0 Å². The minimum absolute atomic E-state index is 0.203. The Kier molecular flexibility index (Phi) is 25.1. The fourth-order valence-electron chi connectivity index (χ4n) is 4.13. The summed E-state index contributed by atoms with van der Waals surface area (Å²) in [6, 6.07) is 0. The SMILES string of the molecule is CCCCCCCCCCCCCCCCCCCCCCC(=O)OCC(O)COC(=O)C(C)O. The average molecular weight is 501 g/mol. The number of hydrogen-bond donors (Lipinski definition) is 2. The number of carbonyl (C=O) groups is 2. The molecule has 208 valence electrons. The molecule has 0 aromatic rings. The van der Waals surface area contributed by atoms with Gasteiger partial charge in [-0.05, 0) is 13.3 Å². The standard InChI is InChI=1S/C29H56O6/c1-3-4-5-6-7-8-9-10-11-12-13-14-15-16-17-18-19-20-21-22-23-28(32)34-24-27(31)25-35-29(33)26(2)30/h26-27,30-31H,3-25H2,1-2H3. The second-order valence-electron chi connectivity index (χ2n) is 10.1. The Morgan fingerprint density at radius 2 is 0.914 bits per heavy atom. The van der Waals surface area contributed by atoms with Crippen molar-refractivity contribution in [3.63, 3.8) is 0 Å². The lowest BCUT2D eigenvalue weighted by Crippen LogP contribution is -2.28. The maximum absolute atomic E-state index is 11.7. The van der Waals surface area contributed by atoms with Crippen molar-refractivity contribution in [2.45, 2.75) is 161 Å². The molecule has 0 aliphatic rings. The van der Waals surface area contributed by atoms with Gasteiger partial charge in [0.2, 0.25) is 0 Å². The van der Waals surface area contributed by atoms with Crippen molar-refractivity contribution < 1.29 is 29.3 Å². The zero-order valence-corrected chi connectivity index (χ0v) is 22.9. The highest BCUT2D eigenvalue weighted by atomic mass is 16.6. The molecule has 35 heavy (non-hydrogen) atoms. The molecular weight excluding hydrogens is 444 g/mol. The zero-order chi connectivity index (χ0) is 26.0. The molecule has 0 bridgehead atoms. The van der Waals surface area contributed by atoms with Gasteiger partial charge in [0.25, 0.3) is 0 Å². The quantitative estimate of drug-likeness (QED) is 0.0978. The number of hydrogen-bond acceptors (Lipinski definition) is 6. The molecule has 6 nitrogen and oxygen atoms in total. The van der Waals surface area contributed by atoms with Crippen LogP contribution in [0.4, 0.5) is 0 Å². The van der Waals surface area contributed by atoms with Crippen LogP contribution in [0.3, 0.4) is 0 Å². The number of aliphatic hydroxyl groups is 2. The Labute approximate surface area is 215 Å². The molecule has 0 heterocycles. The Balaban J connectivity index is 3.26. The lowest BCUT2D eigenvalue weighted by Gasteiger charge is -2.12. The largest absolute Gasteiger partial charge is 0.463 e. The minimum atomic E-state index is -1.23. The number of esters is 2. The van der Waals surface area contributed by atoms with Gasteiger partial charge in [0.15, 0.2) is 0 Å². The molecule has 0 aromatic carbocycles. The van der Waals surface area contributed by atoms with E-state index in [1.54, 1.807) is 0 Å². The number of carbonyl (C=O) groups excluding carboxylic acids is 2. The molecule has 6 heteroatoms. The number of aliphatic hydroxyl groups excluding tert-OH is 2. The van der Waals surface area contributed by atoms with E-state index in [2.05, 4.69) is 11.7 Å². The third kappa shape index (κ3) is 25.8. The van der Waals surface area contributed by atoms with Crippen LogP contribution in [-0.4, -0.2) is 47.6 Å². The summed E-state index contributed by atoms with van der Waals surface area (Å²) in [4.78, 5) is 22.8. The predicted molar refractivity (Wildman–Crippen MR) is 142 cm³/mol. The van der Waals surface area contributed by atoms with E-state index < -0.39 is 18.2 Å². The van der Waals surface area contributed by atoms with Crippen LogP contribution >= 0.6 is 0 Å². The van der Waals surface area contributed by atoms with E-state index in [1.807, 2.05) is 0 Å². The van der Waals surface area contributed by atoms with Crippen molar-refractivity contribution in [2.75, 3.05) is 13.2 Å². The van der Waals surface area contributed by atoms with Gasteiger partial charge in [-0.15, -0.1) is 0 Å². The molecule has 2 unspecified atom stereocenters. The summed E-state index contributed by atoms with van der Waals surface area (Å²) in [6.45, 7) is 3.06. The van der Waals surface area contributed by atoms with Gasteiger partial charge in [-0.1, -0.05) is 129 Å². The average Bonchev–Trinajstić information content (AvgIpc) is 2.84. The molecule has 2 atom stereocenters. The van der Waals surface area contributed by atoms with Gasteiger partial charge in [0.05, 0.1) is 0 Å². The van der Waals surface area contributed by atoms with E-state index >= 15 is 0 Å². The summed E-state index contributed by atoms with van der Waals surface area (Å²) in [7, 11) is 0. The van der Waals surface area contributed by atoms with Crippen LogP contribution in [0.2, 0.25) is 0 Å². The van der Waals surface area contributed by atoms with Gasteiger partial charge in [-0.2, -0.15) is 0 Å². The van der Waals surface area contributed by atoms with E-state index in [0.717, 1.165) is 19.3 Å². The first-order chi connectivity index (χ1) is 17.0. The molecule has 0 aliphatic heterocycles. The highest BCUT2D eigenvalue weighted by Crippen LogP contribution is 2.15. The van der Waals surface area contributed by atoms with Crippen molar-refractivity contribution in [1.29, 1.82) is 0 Å². The van der Waals surface area contributed by atoms with E-state index in [1.165, 1.54) is 116 Å². The summed E-state index contributed by atoms with van der Waals surface area (Å²) >= 11 is 0. The summed E-state index contributed by atoms with van der Waals surface area (Å²) in [5.74, 6) is -1.15. The van der Waals surface area contributed by atoms with Gasteiger partial charge in [-0.3, -0.25) is 4.79 Å². The summed E-state index contributed by atoms with van der Waals surface area (Å²) < 4.78 is 9.67. The van der Waals surface area contributed by atoms with Crippen LogP contribution < -0.4 is 0 Å². The van der Waals surface area contributed by atoms with Gasteiger partial charge in [-0.25, -0.2) is 4.79 Å². The maximum Gasteiger partial charge on any atom is 0.334 e. The first-order valence-electron chi connectivity index (χ1n) is 14.7. The Bertz CT molecular complexity index is 480. The van der Waals surface area contributed by atoms with Crippen LogP contribution in [0, 0.1) is 0 Å². The molecule has 0 rings (SSSR count). The summed E-state index contributed by atoms with van der Waals surface area (Å²) in [5.41, 5.74) is 0. The highest BCUT2D eigenvalue weighted by molar-refractivity contribution is 5.73. The topological polar surface area (TPSA) is 93.1 Å². The van der Waals surface area contributed by atoms with E-state index in [0.29, 0.717) is 6.42 Å². The van der Waals surface area contributed by atoms with E-state index in [4.69, 9.17) is 9.84 Å². The van der Waals surface area contributed by atoms with Crippen LogP contribution in [0.25, 0.3) is 0 Å². The molecule has 2 N–H and O–H groups in total. The van der Waals surface area contributed by atoms with Crippen LogP contribution in [-0.2, 0) is 19.1 Å². The fraction of sp³-hybridized carbons (Fsp3) is 0.931. The third-order valence-corrected chi connectivity index (χ3v) is 6.43. The monoisotopic (exact) mass is 500 g/mol. The number of ether oxygens (including phenoxy) is 2. The Morgan fingerprint density at radius 1 is 0.571 bits per heavy atom. The molecule has 0 saturated heterocycles. The third-order valence-electron chi connectivity index (χ3n) is 6.43. The molecule has 0 aliphatic carbocycles. The zero-order valence-electron chi connectivity index (χ0n) is 22.9. The molecule has 0 aromatic heterocycles. The predicted octanol–water partition coefficient (Wildman–Crippen LogP) is 7.03. The molecular formula is C29H56O6. The lowest BCUT2D eigenvalue weighted by molar-refractivity contribution is -0.158. The smallest absolute Gasteiger partial charge is 0.334 e. The van der Waals surface area contributed by atoms with E-state index in [9.17, 15) is 14.7 Å². The normalized spacial score (nSPS) is 12.9. The van der Waals surface area contributed by atoms with Crippen LogP contribution in [0.15, 0.2) is 0 Å². The summed E-state index contributed by atoms with van der Waals surface area (Å²) in [5, 5.41) is 18.6. The minimum Gasteiger partial charge on any atom is -0.463 e. The van der Waals surface area contributed by atoms with Gasteiger partial charge < -0.3 is 19.7 Å². The van der Waals surface area contributed by atoms with E-state index in [-0.39, 0.29) is 19.2 Å². The fourth-order valence-corrected chi connectivity index (χ4v) is 4.13. The van der Waals surface area contributed by atoms with Gasteiger partial charge in [0, 0.05) is 6.42 Å². The second-order valence-corrected chi connectivity index (χ2v) is 10.1. The first-order valence-corrected chi connectivity index (χ1v) is 14.7. The molecule has 0 amide bonds. The number of unbranched alkanes of at least 4 members (excludes halogenated alkanes) is 19. The van der Waals surface area contributed by atoms with Crippen LogP contribution in [0.1, 0.15) is 149 Å².